The van der Waals surface area contributed by atoms with Crippen LogP contribution in [-0.4, -0.2) is 52.6 Å². The molecule has 0 atom stereocenters. The first-order chi connectivity index (χ1) is 13.4. The molecule has 28 heavy (non-hydrogen) atoms. The summed E-state index contributed by atoms with van der Waals surface area (Å²) in [5.41, 5.74) is -0.199. The molecule has 1 saturated heterocycles. The lowest BCUT2D eigenvalue weighted by Gasteiger charge is -2.36. The molecular weight excluding hydrogens is 365 g/mol. The molecule has 7 nitrogen and oxygen atoms in total. The minimum atomic E-state index is -1.33. The molecule has 1 amide bonds. The molecule has 1 aliphatic rings. The maximum Gasteiger partial charge on any atom is 0.341 e. The van der Waals surface area contributed by atoms with E-state index in [1.807, 2.05) is 18.7 Å². The Bertz CT molecular complexity index is 978. The second-order valence-corrected chi connectivity index (χ2v) is 6.90. The molecule has 3 rings (SSSR count). The molecule has 150 valence electrons. The third-order valence-corrected chi connectivity index (χ3v) is 5.16. The molecule has 1 aromatic carbocycles. The quantitative estimate of drug-likeness (QED) is 0.849. The average Bonchev–Trinajstić information content (AvgIpc) is 2.68. The molecule has 1 N–H and O–H groups in total. The van der Waals surface area contributed by atoms with Gasteiger partial charge in [-0.1, -0.05) is 6.92 Å². The van der Waals surface area contributed by atoms with E-state index in [2.05, 4.69) is 0 Å². The number of fused-ring (bicyclic) bond motifs is 1. The number of hydrogen-bond donors (Lipinski definition) is 1. The van der Waals surface area contributed by atoms with Crippen LogP contribution >= 0.6 is 0 Å². The molecule has 2 aromatic rings. The van der Waals surface area contributed by atoms with Gasteiger partial charge in [0.1, 0.15) is 11.4 Å². The number of pyridine rings is 1. The normalized spacial score (nSPS) is 14.5. The number of aromatic nitrogens is 1. The Morgan fingerprint density at radius 3 is 2.39 bits per heavy atom. The smallest absolute Gasteiger partial charge is 0.341 e. The van der Waals surface area contributed by atoms with Gasteiger partial charge in [-0.05, 0) is 25.5 Å². The number of halogens is 1. The van der Waals surface area contributed by atoms with E-state index >= 15 is 0 Å². The summed E-state index contributed by atoms with van der Waals surface area (Å²) in [5, 5.41) is 9.29. The van der Waals surface area contributed by atoms with Crippen LogP contribution in [0.1, 0.15) is 37.0 Å². The molecule has 0 saturated carbocycles. The molecule has 0 unspecified atom stereocenters. The van der Waals surface area contributed by atoms with E-state index in [0.29, 0.717) is 50.3 Å². The van der Waals surface area contributed by atoms with Gasteiger partial charge in [0.2, 0.25) is 11.3 Å². The zero-order chi connectivity index (χ0) is 20.4. The Hall–Kier alpha value is -2.90. The molecule has 1 aromatic heterocycles. The van der Waals surface area contributed by atoms with Crippen molar-refractivity contribution in [3.05, 3.63) is 39.9 Å². The number of rotatable bonds is 5. The summed E-state index contributed by atoms with van der Waals surface area (Å²) >= 11 is 0. The van der Waals surface area contributed by atoms with E-state index in [4.69, 9.17) is 0 Å². The molecule has 1 fully saturated rings. The van der Waals surface area contributed by atoms with E-state index in [1.54, 1.807) is 15.5 Å². The Balaban J connectivity index is 1.97. The van der Waals surface area contributed by atoms with Crippen molar-refractivity contribution < 1.29 is 19.1 Å². The number of anilines is 1. The maximum atomic E-state index is 14.8. The molecule has 0 radical (unpaired) electrons. The minimum Gasteiger partial charge on any atom is -0.477 e. The topological polar surface area (TPSA) is 82.8 Å². The fraction of sp³-hybridized carbons (Fsp3) is 0.450. The van der Waals surface area contributed by atoms with E-state index in [0.717, 1.165) is 12.5 Å². The van der Waals surface area contributed by atoms with Gasteiger partial charge in [-0.3, -0.25) is 9.59 Å². The Kier molecular flexibility index (Phi) is 5.67. The number of carbonyl (C=O) groups excluding carboxylic acids is 1. The zero-order valence-corrected chi connectivity index (χ0v) is 16.1. The lowest BCUT2D eigenvalue weighted by molar-refractivity contribution is -0.131. The largest absolute Gasteiger partial charge is 0.477 e. The van der Waals surface area contributed by atoms with Crippen LogP contribution in [0.2, 0.25) is 0 Å². The Morgan fingerprint density at radius 2 is 1.82 bits per heavy atom. The van der Waals surface area contributed by atoms with Gasteiger partial charge in [-0.25, -0.2) is 9.18 Å². The summed E-state index contributed by atoms with van der Waals surface area (Å²) in [4.78, 5) is 39.4. The van der Waals surface area contributed by atoms with Gasteiger partial charge in [0.15, 0.2) is 0 Å². The highest BCUT2D eigenvalue weighted by molar-refractivity contribution is 5.93. The van der Waals surface area contributed by atoms with Crippen LogP contribution in [0.15, 0.2) is 23.1 Å². The van der Waals surface area contributed by atoms with Crippen LogP contribution in [-0.2, 0) is 11.3 Å². The van der Waals surface area contributed by atoms with Gasteiger partial charge >= 0.3 is 5.97 Å². The molecular formula is C20H24FN3O4. The first kappa shape index (κ1) is 19.9. The van der Waals surface area contributed by atoms with Crippen LogP contribution in [0.25, 0.3) is 10.9 Å². The number of carboxylic acid groups (broad SMARTS) is 1. The van der Waals surface area contributed by atoms with Gasteiger partial charge in [0, 0.05) is 50.7 Å². The SMILES string of the molecule is CCCC(=O)N1CCN(c2cc3c(cc2F)c(=O)c(C(=O)O)cn3CC)CC1. The number of carbonyl (C=O) groups is 2. The summed E-state index contributed by atoms with van der Waals surface area (Å²) in [5.74, 6) is -1.78. The van der Waals surface area contributed by atoms with Crippen molar-refractivity contribution in [2.75, 3.05) is 31.1 Å². The zero-order valence-electron chi connectivity index (χ0n) is 16.1. The van der Waals surface area contributed by atoms with Crippen LogP contribution in [0, 0.1) is 5.82 Å². The minimum absolute atomic E-state index is 0.0553. The molecule has 0 spiro atoms. The summed E-state index contributed by atoms with van der Waals surface area (Å²) in [7, 11) is 0. The molecule has 0 aliphatic carbocycles. The van der Waals surface area contributed by atoms with Crippen molar-refractivity contribution in [2.45, 2.75) is 33.2 Å². The van der Waals surface area contributed by atoms with E-state index in [1.165, 1.54) is 6.20 Å². The Labute approximate surface area is 162 Å². The number of hydrogen-bond acceptors (Lipinski definition) is 4. The highest BCUT2D eigenvalue weighted by atomic mass is 19.1. The predicted molar refractivity (Wildman–Crippen MR) is 105 cm³/mol. The lowest BCUT2D eigenvalue weighted by atomic mass is 10.1. The number of carboxylic acids is 1. The van der Waals surface area contributed by atoms with Crippen molar-refractivity contribution in [3.8, 4) is 0 Å². The van der Waals surface area contributed by atoms with Crippen LogP contribution in [0.4, 0.5) is 10.1 Å². The number of nitrogens with zero attached hydrogens (tertiary/aromatic N) is 3. The van der Waals surface area contributed by atoms with Gasteiger partial charge in [0.05, 0.1) is 11.2 Å². The fourth-order valence-electron chi connectivity index (χ4n) is 3.62. The molecule has 8 heteroatoms. The summed E-state index contributed by atoms with van der Waals surface area (Å²) in [6.07, 6.45) is 2.61. The van der Waals surface area contributed by atoms with E-state index in [-0.39, 0.29) is 16.9 Å². The summed E-state index contributed by atoms with van der Waals surface area (Å²) in [6, 6.07) is 2.73. The number of aryl methyl sites for hydroxylation is 1. The van der Waals surface area contributed by atoms with Crippen molar-refractivity contribution in [1.29, 1.82) is 0 Å². The second-order valence-electron chi connectivity index (χ2n) is 6.90. The van der Waals surface area contributed by atoms with Gasteiger partial charge in [0.25, 0.3) is 0 Å². The van der Waals surface area contributed by atoms with E-state index < -0.39 is 17.2 Å². The van der Waals surface area contributed by atoms with E-state index in [9.17, 15) is 23.9 Å². The first-order valence-electron chi connectivity index (χ1n) is 9.50. The summed E-state index contributed by atoms with van der Waals surface area (Å²) in [6.45, 7) is 6.28. The highest BCUT2D eigenvalue weighted by Crippen LogP contribution is 2.26. The number of amides is 1. The average molecular weight is 389 g/mol. The number of piperazine rings is 1. The predicted octanol–water partition coefficient (Wildman–Crippen LogP) is 2.31. The monoisotopic (exact) mass is 389 g/mol. The van der Waals surface area contributed by atoms with Gasteiger partial charge in [-0.2, -0.15) is 0 Å². The van der Waals surface area contributed by atoms with Crippen LogP contribution < -0.4 is 10.3 Å². The molecule has 2 heterocycles. The Morgan fingerprint density at radius 1 is 1.14 bits per heavy atom. The number of aromatic carboxylic acids is 1. The van der Waals surface area contributed by atoms with Crippen molar-refractivity contribution in [1.82, 2.24) is 9.47 Å². The van der Waals surface area contributed by atoms with Crippen molar-refractivity contribution in [2.24, 2.45) is 0 Å². The third kappa shape index (κ3) is 3.58. The van der Waals surface area contributed by atoms with Crippen LogP contribution in [0.3, 0.4) is 0 Å². The second kappa shape index (κ2) is 8.00. The van der Waals surface area contributed by atoms with Gasteiger partial charge in [-0.15, -0.1) is 0 Å². The fourth-order valence-corrected chi connectivity index (χ4v) is 3.62. The van der Waals surface area contributed by atoms with Crippen LogP contribution in [0.5, 0.6) is 0 Å². The lowest BCUT2D eigenvalue weighted by Crippen LogP contribution is -2.49. The maximum absolute atomic E-state index is 14.8. The van der Waals surface area contributed by atoms with Crippen molar-refractivity contribution >= 4 is 28.5 Å². The third-order valence-electron chi connectivity index (χ3n) is 5.16. The molecule has 0 bridgehead atoms. The molecule has 1 aliphatic heterocycles. The standard InChI is InChI=1S/C20H24FN3O4/c1-3-5-18(25)24-8-6-23(7-9-24)17-11-16-13(10-15(17)21)19(26)14(20(27)28)12-22(16)4-2/h10-12H,3-9H2,1-2H3,(H,27,28). The van der Waals surface area contributed by atoms with Crippen molar-refractivity contribution in [3.63, 3.8) is 0 Å². The first-order valence-corrected chi connectivity index (χ1v) is 9.50. The summed E-state index contributed by atoms with van der Waals surface area (Å²) < 4.78 is 16.5. The number of benzene rings is 1. The highest BCUT2D eigenvalue weighted by Gasteiger charge is 2.24. The van der Waals surface area contributed by atoms with Gasteiger partial charge < -0.3 is 19.5 Å².